The molecule has 0 aliphatic carbocycles. The molecule has 0 N–H and O–H groups in total. The highest BCUT2D eigenvalue weighted by Gasteiger charge is 2.05. The van der Waals surface area contributed by atoms with E-state index in [0.29, 0.717) is 17.0 Å². The van der Waals surface area contributed by atoms with Crippen LogP contribution in [0.1, 0.15) is 11.5 Å². The third kappa shape index (κ3) is 2.24. The van der Waals surface area contributed by atoms with Crippen LogP contribution in [0.4, 0.5) is 0 Å². The van der Waals surface area contributed by atoms with Crippen molar-refractivity contribution in [2.24, 2.45) is 0 Å². The predicted octanol–water partition coefficient (Wildman–Crippen LogP) is 3.89. The van der Waals surface area contributed by atoms with E-state index in [2.05, 4.69) is 11.1 Å². The van der Waals surface area contributed by atoms with Crippen LogP contribution in [-0.2, 0) is 0 Å². The minimum absolute atomic E-state index is 0.486. The number of aromatic nitrogens is 1. The highest BCUT2D eigenvalue weighted by atomic mass is 16.3. The van der Waals surface area contributed by atoms with Crippen molar-refractivity contribution in [3.8, 4) is 6.07 Å². The van der Waals surface area contributed by atoms with Crippen LogP contribution in [0.3, 0.4) is 0 Å². The summed E-state index contributed by atoms with van der Waals surface area (Å²) >= 11 is 0. The van der Waals surface area contributed by atoms with Crippen LogP contribution in [0.25, 0.3) is 22.6 Å². The molecule has 3 nitrogen and oxygen atoms in total. The van der Waals surface area contributed by atoms with Gasteiger partial charge in [-0.05, 0) is 24.3 Å². The number of rotatable bonds is 2. The molecule has 3 rings (SSSR count). The van der Waals surface area contributed by atoms with E-state index in [0.717, 1.165) is 11.0 Å². The molecule has 3 aromatic rings. The van der Waals surface area contributed by atoms with Gasteiger partial charge in [0.2, 0.25) is 0 Å². The molecule has 0 bridgehead atoms. The highest BCUT2D eigenvalue weighted by molar-refractivity contribution is 5.89. The summed E-state index contributed by atoms with van der Waals surface area (Å²) in [4.78, 5) is 4.17. The van der Waals surface area contributed by atoms with Gasteiger partial charge in [-0.1, -0.05) is 24.3 Å². The quantitative estimate of drug-likeness (QED) is 0.644. The van der Waals surface area contributed by atoms with Crippen LogP contribution in [0.2, 0.25) is 0 Å². The first-order valence-electron chi connectivity index (χ1n) is 5.88. The molecule has 0 radical (unpaired) electrons. The molecule has 0 unspecified atom stereocenters. The standard InChI is InChI=1S/C16H10N2O/c17-11-13(15-6-3-4-8-18-15)10-14-9-12-5-1-2-7-16(12)19-14/h1-10H/b13-10+. The van der Waals surface area contributed by atoms with Crippen LogP contribution in [0.15, 0.2) is 59.1 Å². The van der Waals surface area contributed by atoms with E-state index in [1.807, 2.05) is 42.5 Å². The van der Waals surface area contributed by atoms with E-state index >= 15 is 0 Å². The molecule has 19 heavy (non-hydrogen) atoms. The molecule has 1 aromatic carbocycles. The fourth-order valence-electron chi connectivity index (χ4n) is 1.90. The van der Waals surface area contributed by atoms with Crippen LogP contribution in [0.5, 0.6) is 0 Å². The summed E-state index contributed by atoms with van der Waals surface area (Å²) in [7, 11) is 0. The van der Waals surface area contributed by atoms with Gasteiger partial charge in [0.25, 0.3) is 0 Å². The van der Waals surface area contributed by atoms with Crippen molar-refractivity contribution >= 4 is 22.6 Å². The van der Waals surface area contributed by atoms with Gasteiger partial charge in [0.15, 0.2) is 0 Å². The Morgan fingerprint density at radius 2 is 2.00 bits per heavy atom. The Morgan fingerprint density at radius 3 is 2.74 bits per heavy atom. The van der Waals surface area contributed by atoms with Crippen molar-refractivity contribution in [1.29, 1.82) is 5.26 Å². The van der Waals surface area contributed by atoms with Gasteiger partial charge in [-0.2, -0.15) is 5.26 Å². The number of nitriles is 1. The number of hydrogen-bond acceptors (Lipinski definition) is 3. The molecule has 0 saturated heterocycles. The molecule has 0 amide bonds. The topological polar surface area (TPSA) is 49.8 Å². The van der Waals surface area contributed by atoms with Gasteiger partial charge in [0.05, 0.1) is 11.3 Å². The smallest absolute Gasteiger partial charge is 0.134 e. The molecule has 0 saturated carbocycles. The number of fused-ring (bicyclic) bond motifs is 1. The van der Waals surface area contributed by atoms with Crippen molar-refractivity contribution in [3.05, 3.63) is 66.2 Å². The maximum Gasteiger partial charge on any atom is 0.134 e. The lowest BCUT2D eigenvalue weighted by Gasteiger charge is -1.95. The zero-order valence-corrected chi connectivity index (χ0v) is 10.1. The predicted molar refractivity (Wildman–Crippen MR) is 73.9 cm³/mol. The Labute approximate surface area is 110 Å². The van der Waals surface area contributed by atoms with Gasteiger partial charge in [-0.3, -0.25) is 4.98 Å². The Kier molecular flexibility index (Phi) is 2.83. The second kappa shape index (κ2) is 4.79. The Balaban J connectivity index is 2.06. The van der Waals surface area contributed by atoms with Gasteiger partial charge >= 0.3 is 0 Å². The van der Waals surface area contributed by atoms with Gasteiger partial charge in [0.1, 0.15) is 17.4 Å². The lowest BCUT2D eigenvalue weighted by Crippen LogP contribution is -1.84. The van der Waals surface area contributed by atoms with Gasteiger partial charge < -0.3 is 4.42 Å². The third-order valence-corrected chi connectivity index (χ3v) is 2.79. The molecule has 3 heteroatoms. The third-order valence-electron chi connectivity index (χ3n) is 2.79. The average Bonchev–Trinajstić information content (AvgIpc) is 2.88. The summed E-state index contributed by atoms with van der Waals surface area (Å²) in [5, 5.41) is 10.2. The maximum atomic E-state index is 9.22. The first kappa shape index (κ1) is 11.2. The van der Waals surface area contributed by atoms with Gasteiger partial charge in [-0.25, -0.2) is 0 Å². The summed E-state index contributed by atoms with van der Waals surface area (Å²) in [5.41, 5.74) is 1.94. The maximum absolute atomic E-state index is 9.22. The van der Waals surface area contributed by atoms with E-state index in [9.17, 15) is 5.26 Å². The zero-order valence-electron chi connectivity index (χ0n) is 10.1. The van der Waals surface area contributed by atoms with Crippen LogP contribution in [-0.4, -0.2) is 4.98 Å². The monoisotopic (exact) mass is 246 g/mol. The van der Waals surface area contributed by atoms with E-state index in [1.54, 1.807) is 18.3 Å². The second-order valence-electron chi connectivity index (χ2n) is 4.07. The fraction of sp³-hybridized carbons (Fsp3) is 0. The second-order valence-corrected chi connectivity index (χ2v) is 4.07. The minimum Gasteiger partial charge on any atom is -0.457 e. The number of pyridine rings is 1. The highest BCUT2D eigenvalue weighted by Crippen LogP contribution is 2.22. The van der Waals surface area contributed by atoms with Crippen molar-refractivity contribution < 1.29 is 4.42 Å². The molecule has 0 aliphatic heterocycles. The van der Waals surface area contributed by atoms with Gasteiger partial charge in [-0.15, -0.1) is 0 Å². The molecule has 2 heterocycles. The van der Waals surface area contributed by atoms with E-state index in [1.165, 1.54) is 0 Å². The molecule has 0 atom stereocenters. The van der Waals surface area contributed by atoms with Crippen molar-refractivity contribution in [1.82, 2.24) is 4.98 Å². The van der Waals surface area contributed by atoms with Gasteiger partial charge in [0, 0.05) is 17.7 Å². The van der Waals surface area contributed by atoms with Crippen molar-refractivity contribution in [3.63, 3.8) is 0 Å². The molecular formula is C16H10N2O. The Morgan fingerprint density at radius 1 is 1.16 bits per heavy atom. The zero-order chi connectivity index (χ0) is 13.1. The number of hydrogen-bond donors (Lipinski definition) is 0. The summed E-state index contributed by atoms with van der Waals surface area (Å²) in [6.45, 7) is 0. The van der Waals surface area contributed by atoms with Crippen LogP contribution in [0, 0.1) is 11.3 Å². The molecule has 90 valence electrons. The number of nitrogens with zero attached hydrogens (tertiary/aromatic N) is 2. The molecular weight excluding hydrogens is 236 g/mol. The summed E-state index contributed by atoms with van der Waals surface area (Å²) in [6, 6.07) is 17.3. The lowest BCUT2D eigenvalue weighted by molar-refractivity contribution is 0.604. The lowest BCUT2D eigenvalue weighted by atomic mass is 10.1. The minimum atomic E-state index is 0.486. The largest absolute Gasteiger partial charge is 0.457 e. The SMILES string of the molecule is N#C/C(=C\c1cc2ccccc2o1)c1ccccn1. The summed E-state index contributed by atoms with van der Waals surface area (Å²) in [5.74, 6) is 0.656. The molecule has 0 spiro atoms. The van der Waals surface area contributed by atoms with E-state index in [-0.39, 0.29) is 0 Å². The number of para-hydroxylation sites is 1. The van der Waals surface area contributed by atoms with E-state index in [4.69, 9.17) is 4.42 Å². The number of allylic oxidation sites excluding steroid dienone is 1. The summed E-state index contributed by atoms with van der Waals surface area (Å²) in [6.07, 6.45) is 3.38. The number of furan rings is 1. The normalized spacial score (nSPS) is 11.4. The first-order valence-corrected chi connectivity index (χ1v) is 5.88. The van der Waals surface area contributed by atoms with Crippen LogP contribution < -0.4 is 0 Å². The Bertz CT molecular complexity index is 746. The van der Waals surface area contributed by atoms with Crippen molar-refractivity contribution in [2.75, 3.05) is 0 Å². The molecule has 2 aromatic heterocycles. The Hall–Kier alpha value is -2.86. The van der Waals surface area contributed by atoms with Crippen LogP contribution >= 0.6 is 0 Å². The summed E-state index contributed by atoms with van der Waals surface area (Å²) < 4.78 is 5.67. The average molecular weight is 246 g/mol. The molecule has 0 aliphatic rings. The fourth-order valence-corrected chi connectivity index (χ4v) is 1.90. The molecule has 0 fully saturated rings. The van der Waals surface area contributed by atoms with E-state index < -0.39 is 0 Å². The first-order chi connectivity index (χ1) is 9.36. The number of benzene rings is 1. The van der Waals surface area contributed by atoms with Crippen molar-refractivity contribution in [2.45, 2.75) is 0 Å².